The number of unbranched alkanes of at least 4 members (excludes halogenated alkanes) is 5. The number of carbonyl (C=O) groups is 2. The van der Waals surface area contributed by atoms with Crippen LogP contribution in [0.2, 0.25) is 0 Å². The van der Waals surface area contributed by atoms with Crippen molar-refractivity contribution in [2.24, 2.45) is 0 Å². The van der Waals surface area contributed by atoms with Gasteiger partial charge in [0.25, 0.3) is 0 Å². The molecule has 0 aromatic heterocycles. The Morgan fingerprint density at radius 1 is 0.700 bits per heavy atom. The van der Waals surface area contributed by atoms with Crippen LogP contribution in [0.25, 0.3) is 0 Å². The van der Waals surface area contributed by atoms with Gasteiger partial charge in [0.15, 0.2) is 9.84 Å². The van der Waals surface area contributed by atoms with Crippen LogP contribution < -0.4 is 5.32 Å². The molecule has 7 nitrogen and oxygen atoms in total. The molecule has 3 aromatic rings. The molecule has 0 aliphatic heterocycles. The molecule has 0 saturated heterocycles. The lowest BCUT2D eigenvalue weighted by Crippen LogP contribution is -2.17. The second-order valence-corrected chi connectivity index (χ2v) is 12.2. The molecule has 0 spiro atoms. The zero-order valence-electron chi connectivity index (χ0n) is 22.8. The summed E-state index contributed by atoms with van der Waals surface area (Å²) in [6, 6.07) is 24.0. The minimum Gasteiger partial charge on any atom is -0.481 e. The summed E-state index contributed by atoms with van der Waals surface area (Å²) in [7, 11) is -3.71. The van der Waals surface area contributed by atoms with Crippen LogP contribution in [0.1, 0.15) is 74.1 Å². The fourth-order valence-electron chi connectivity index (χ4n) is 4.81. The van der Waals surface area contributed by atoms with E-state index in [9.17, 15) is 23.1 Å². The van der Waals surface area contributed by atoms with Crippen LogP contribution in [0, 0.1) is 0 Å². The molecule has 3 rings (SSSR count). The molecular formula is C32H39NO6S. The third kappa shape index (κ3) is 10.5. The van der Waals surface area contributed by atoms with Gasteiger partial charge in [-0.05, 0) is 66.6 Å². The van der Waals surface area contributed by atoms with E-state index in [0.717, 1.165) is 36.8 Å². The average molecular weight is 566 g/mol. The van der Waals surface area contributed by atoms with Crippen LogP contribution in [0.15, 0.2) is 83.8 Å². The first-order chi connectivity index (χ1) is 19.2. The molecule has 40 heavy (non-hydrogen) atoms. The summed E-state index contributed by atoms with van der Waals surface area (Å²) in [4.78, 5) is 22.5. The Morgan fingerprint density at radius 3 is 1.95 bits per heavy atom. The van der Waals surface area contributed by atoms with Gasteiger partial charge >= 0.3 is 11.9 Å². The second-order valence-electron chi connectivity index (χ2n) is 10.1. The van der Waals surface area contributed by atoms with E-state index >= 15 is 0 Å². The molecular weight excluding hydrogens is 526 g/mol. The van der Waals surface area contributed by atoms with Crippen molar-refractivity contribution in [3.05, 3.63) is 95.6 Å². The Kier molecular flexibility index (Phi) is 12.2. The number of aryl methyl sites for hydroxylation is 2. The maximum Gasteiger partial charge on any atom is 0.305 e. The number of nitrogens with one attached hydrogen (secondary N) is 1. The van der Waals surface area contributed by atoms with Crippen LogP contribution in [0.3, 0.4) is 0 Å². The molecule has 1 atom stereocenters. The van der Waals surface area contributed by atoms with E-state index in [1.165, 1.54) is 43.4 Å². The monoisotopic (exact) mass is 565 g/mol. The summed E-state index contributed by atoms with van der Waals surface area (Å²) in [6.07, 6.45) is 8.34. The SMILES string of the molecule is O=C(O)CCS(=O)(=O)c1ccc(N[C@@H](CC(=O)O)c2ccccc2CCCCCCCCc2ccccc2)cc1. The molecule has 0 aliphatic carbocycles. The molecule has 0 radical (unpaired) electrons. The predicted octanol–water partition coefficient (Wildman–Crippen LogP) is 6.69. The highest BCUT2D eigenvalue weighted by atomic mass is 32.2. The van der Waals surface area contributed by atoms with Crippen LogP contribution >= 0.6 is 0 Å². The zero-order chi connectivity index (χ0) is 28.8. The largest absolute Gasteiger partial charge is 0.481 e. The molecule has 0 amide bonds. The molecule has 0 bridgehead atoms. The van der Waals surface area contributed by atoms with E-state index in [1.54, 1.807) is 12.1 Å². The van der Waals surface area contributed by atoms with E-state index in [4.69, 9.17) is 5.11 Å². The molecule has 0 unspecified atom stereocenters. The van der Waals surface area contributed by atoms with Gasteiger partial charge in [0.2, 0.25) is 0 Å². The predicted molar refractivity (Wildman–Crippen MR) is 157 cm³/mol. The molecule has 3 aromatic carbocycles. The molecule has 0 heterocycles. The number of anilines is 1. The van der Waals surface area contributed by atoms with E-state index in [0.29, 0.717) is 5.69 Å². The lowest BCUT2D eigenvalue weighted by Gasteiger charge is -2.22. The van der Waals surface area contributed by atoms with Crippen molar-refractivity contribution in [1.29, 1.82) is 0 Å². The highest BCUT2D eigenvalue weighted by Crippen LogP contribution is 2.28. The number of aliphatic carboxylic acids is 2. The minimum absolute atomic E-state index is 0.0366. The number of hydrogen-bond donors (Lipinski definition) is 3. The van der Waals surface area contributed by atoms with Gasteiger partial charge in [0.05, 0.1) is 29.5 Å². The maximum atomic E-state index is 12.4. The summed E-state index contributed by atoms with van der Waals surface area (Å²) in [5.41, 5.74) is 4.01. The first kappa shape index (κ1) is 30.9. The number of sulfone groups is 1. The van der Waals surface area contributed by atoms with Crippen LogP contribution in [-0.2, 0) is 32.3 Å². The van der Waals surface area contributed by atoms with E-state index in [2.05, 4.69) is 29.6 Å². The highest BCUT2D eigenvalue weighted by Gasteiger charge is 2.20. The number of carboxylic acid groups (broad SMARTS) is 2. The van der Waals surface area contributed by atoms with Gasteiger partial charge in [-0.25, -0.2) is 8.42 Å². The maximum absolute atomic E-state index is 12.4. The lowest BCUT2D eigenvalue weighted by atomic mass is 9.94. The third-order valence-corrected chi connectivity index (χ3v) is 8.68. The van der Waals surface area contributed by atoms with Crippen LogP contribution in [-0.4, -0.2) is 36.3 Å². The number of hydrogen-bond acceptors (Lipinski definition) is 5. The van der Waals surface area contributed by atoms with Crippen molar-refractivity contribution in [3.8, 4) is 0 Å². The first-order valence-electron chi connectivity index (χ1n) is 13.9. The Morgan fingerprint density at radius 2 is 1.30 bits per heavy atom. The average Bonchev–Trinajstić information content (AvgIpc) is 2.94. The van der Waals surface area contributed by atoms with Gasteiger partial charge in [-0.3, -0.25) is 9.59 Å². The smallest absolute Gasteiger partial charge is 0.305 e. The Labute approximate surface area is 237 Å². The van der Waals surface area contributed by atoms with Crippen molar-refractivity contribution < 1.29 is 28.2 Å². The molecule has 0 aliphatic rings. The van der Waals surface area contributed by atoms with Crippen molar-refractivity contribution in [2.75, 3.05) is 11.1 Å². The van der Waals surface area contributed by atoms with Crippen LogP contribution in [0.5, 0.6) is 0 Å². The molecule has 3 N–H and O–H groups in total. The topological polar surface area (TPSA) is 121 Å². The first-order valence-corrected chi connectivity index (χ1v) is 15.5. The van der Waals surface area contributed by atoms with Crippen molar-refractivity contribution >= 4 is 27.5 Å². The summed E-state index contributed by atoms with van der Waals surface area (Å²) >= 11 is 0. The summed E-state index contributed by atoms with van der Waals surface area (Å²) in [5, 5.41) is 21.7. The van der Waals surface area contributed by atoms with Crippen molar-refractivity contribution in [3.63, 3.8) is 0 Å². The standard InChI is InChI=1S/C32H39NO6S/c34-31(35)22-23-40(38,39)28-20-18-27(19-21-28)33-30(24-32(36)37)29-17-11-10-16-26(29)15-9-4-2-1-3-6-12-25-13-7-5-8-14-25/h5,7-8,10-11,13-14,16-21,30,33H,1-4,6,9,12,15,22-24H2,(H,34,35)(H,36,37)/t30-/m0/s1. The normalized spacial score (nSPS) is 12.1. The number of carboxylic acids is 2. The van der Waals surface area contributed by atoms with Gasteiger partial charge in [-0.2, -0.15) is 0 Å². The Hall–Kier alpha value is -3.65. The number of benzene rings is 3. The van der Waals surface area contributed by atoms with Gasteiger partial charge < -0.3 is 15.5 Å². The van der Waals surface area contributed by atoms with Gasteiger partial charge in [-0.15, -0.1) is 0 Å². The molecule has 8 heteroatoms. The van der Waals surface area contributed by atoms with E-state index in [1.807, 2.05) is 30.3 Å². The van der Waals surface area contributed by atoms with E-state index < -0.39 is 40.0 Å². The van der Waals surface area contributed by atoms with Gasteiger partial charge in [0, 0.05) is 5.69 Å². The van der Waals surface area contributed by atoms with Gasteiger partial charge in [-0.1, -0.05) is 80.3 Å². The highest BCUT2D eigenvalue weighted by molar-refractivity contribution is 7.91. The van der Waals surface area contributed by atoms with Crippen LogP contribution in [0.4, 0.5) is 5.69 Å². The van der Waals surface area contributed by atoms with Gasteiger partial charge in [0.1, 0.15) is 0 Å². The summed E-state index contributed by atoms with van der Waals surface area (Å²) in [6.45, 7) is 0. The summed E-state index contributed by atoms with van der Waals surface area (Å²) in [5.74, 6) is -2.58. The number of rotatable bonds is 18. The van der Waals surface area contributed by atoms with Crippen molar-refractivity contribution in [1.82, 2.24) is 0 Å². The third-order valence-electron chi connectivity index (χ3n) is 6.95. The van der Waals surface area contributed by atoms with E-state index in [-0.39, 0.29) is 11.3 Å². The van der Waals surface area contributed by atoms with Crippen molar-refractivity contribution in [2.45, 2.75) is 75.1 Å². The fourth-order valence-corrected chi connectivity index (χ4v) is 6.04. The minimum atomic E-state index is -3.71. The summed E-state index contributed by atoms with van der Waals surface area (Å²) < 4.78 is 24.8. The quantitative estimate of drug-likeness (QED) is 0.147. The lowest BCUT2D eigenvalue weighted by molar-refractivity contribution is -0.138. The zero-order valence-corrected chi connectivity index (χ0v) is 23.6. The molecule has 0 saturated carbocycles. The Balaban J connectivity index is 1.54. The Bertz CT molecular complexity index is 1320. The second kappa shape index (κ2) is 15.8. The molecule has 214 valence electrons. The fraction of sp³-hybridized carbons (Fsp3) is 0.375. The molecule has 0 fully saturated rings.